The Kier molecular flexibility index (Phi) is 10.3. The number of alkyl halides is 3. The summed E-state index contributed by atoms with van der Waals surface area (Å²) in [5.74, 6) is 6.02. The molecule has 0 heterocycles. The van der Waals surface area contributed by atoms with Crippen molar-refractivity contribution < 1.29 is 17.9 Å². The van der Waals surface area contributed by atoms with Crippen molar-refractivity contribution in [3.8, 4) is 0 Å². The second kappa shape index (κ2) is 10.5. The molecule has 0 aliphatic carbocycles. The molecule has 2 atom stereocenters. The van der Waals surface area contributed by atoms with Gasteiger partial charge in [-0.05, 0) is 18.8 Å². The molecule has 0 aliphatic heterocycles. The van der Waals surface area contributed by atoms with Crippen molar-refractivity contribution in [3.05, 3.63) is 0 Å². The number of hydrazine groups is 1. The predicted molar refractivity (Wildman–Crippen MR) is 70.5 cm³/mol. The summed E-state index contributed by atoms with van der Waals surface area (Å²) in [7, 11) is 0. The monoisotopic (exact) mass is 284 g/mol. The Morgan fingerprint density at radius 3 is 2.37 bits per heavy atom. The van der Waals surface area contributed by atoms with Gasteiger partial charge in [-0.1, -0.05) is 39.5 Å². The fourth-order valence-electron chi connectivity index (χ4n) is 2.07. The van der Waals surface area contributed by atoms with E-state index in [1.807, 2.05) is 0 Å². The van der Waals surface area contributed by atoms with E-state index in [-0.39, 0.29) is 12.6 Å². The summed E-state index contributed by atoms with van der Waals surface area (Å²) in [5, 5.41) is 0. The first-order chi connectivity index (χ1) is 8.92. The van der Waals surface area contributed by atoms with Crippen molar-refractivity contribution in [1.29, 1.82) is 0 Å². The molecule has 116 valence electrons. The van der Waals surface area contributed by atoms with E-state index in [0.717, 1.165) is 25.7 Å². The topological polar surface area (TPSA) is 47.3 Å². The maximum absolute atomic E-state index is 11.9. The zero-order chi connectivity index (χ0) is 14.7. The molecule has 0 saturated heterocycles. The zero-order valence-corrected chi connectivity index (χ0v) is 11.9. The first-order valence-electron chi connectivity index (χ1n) is 7.03. The number of hydrogen-bond donors (Lipinski definition) is 2. The van der Waals surface area contributed by atoms with Gasteiger partial charge in [0.2, 0.25) is 0 Å². The minimum atomic E-state index is -4.25. The molecule has 0 bridgehead atoms. The van der Waals surface area contributed by atoms with Gasteiger partial charge in [0.1, 0.15) is 6.61 Å². The van der Waals surface area contributed by atoms with E-state index in [1.54, 1.807) is 0 Å². The average molecular weight is 284 g/mol. The SMILES string of the molecule is CCCCC(CC)CC(CCOCC(F)(F)F)NN. The molecular formula is C13H27F3N2O. The second-order valence-electron chi connectivity index (χ2n) is 4.97. The van der Waals surface area contributed by atoms with E-state index in [0.29, 0.717) is 12.3 Å². The number of halogens is 3. The molecule has 19 heavy (non-hydrogen) atoms. The summed E-state index contributed by atoms with van der Waals surface area (Å²) in [6.45, 7) is 3.18. The van der Waals surface area contributed by atoms with Crippen molar-refractivity contribution in [2.75, 3.05) is 13.2 Å². The van der Waals surface area contributed by atoms with Gasteiger partial charge >= 0.3 is 6.18 Å². The molecule has 0 radical (unpaired) electrons. The number of nitrogens with one attached hydrogen (secondary N) is 1. The van der Waals surface area contributed by atoms with E-state index in [1.165, 1.54) is 6.42 Å². The highest BCUT2D eigenvalue weighted by atomic mass is 19.4. The molecule has 0 spiro atoms. The third kappa shape index (κ3) is 11.2. The van der Waals surface area contributed by atoms with Gasteiger partial charge in [-0.2, -0.15) is 13.2 Å². The standard InChI is InChI=1S/C13H27F3N2O/c1-3-5-6-11(4-2)9-12(18-17)7-8-19-10-13(14,15)16/h11-12,18H,3-10,17H2,1-2H3. The van der Waals surface area contributed by atoms with Crippen LogP contribution in [0.4, 0.5) is 13.2 Å². The fourth-order valence-corrected chi connectivity index (χ4v) is 2.07. The highest BCUT2D eigenvalue weighted by molar-refractivity contribution is 4.69. The Hall–Kier alpha value is -0.330. The Labute approximate surface area is 114 Å². The normalized spacial score (nSPS) is 15.5. The summed E-state index contributed by atoms with van der Waals surface area (Å²) >= 11 is 0. The molecule has 3 nitrogen and oxygen atoms in total. The van der Waals surface area contributed by atoms with Crippen LogP contribution < -0.4 is 11.3 Å². The van der Waals surface area contributed by atoms with Crippen LogP contribution in [-0.2, 0) is 4.74 Å². The van der Waals surface area contributed by atoms with Gasteiger partial charge in [0.15, 0.2) is 0 Å². The average Bonchev–Trinajstić information content (AvgIpc) is 2.35. The van der Waals surface area contributed by atoms with Gasteiger partial charge in [0.25, 0.3) is 0 Å². The van der Waals surface area contributed by atoms with E-state index in [4.69, 9.17) is 5.84 Å². The van der Waals surface area contributed by atoms with Crippen molar-refractivity contribution in [3.63, 3.8) is 0 Å². The lowest BCUT2D eigenvalue weighted by molar-refractivity contribution is -0.174. The number of rotatable bonds is 11. The Bertz CT molecular complexity index is 213. The number of ether oxygens (including phenoxy) is 1. The first-order valence-corrected chi connectivity index (χ1v) is 7.03. The Balaban J connectivity index is 3.86. The van der Waals surface area contributed by atoms with Gasteiger partial charge in [0.05, 0.1) is 0 Å². The molecular weight excluding hydrogens is 257 g/mol. The van der Waals surface area contributed by atoms with E-state index in [2.05, 4.69) is 24.0 Å². The molecule has 0 aliphatic rings. The van der Waals surface area contributed by atoms with Gasteiger partial charge in [0, 0.05) is 12.6 Å². The fraction of sp³-hybridized carbons (Fsp3) is 1.00. The molecule has 2 unspecified atom stereocenters. The molecule has 6 heteroatoms. The summed E-state index contributed by atoms with van der Waals surface area (Å²) in [6, 6.07) is 0.0232. The van der Waals surface area contributed by atoms with Crippen LogP contribution in [0.5, 0.6) is 0 Å². The van der Waals surface area contributed by atoms with Crippen molar-refractivity contribution in [2.45, 2.75) is 64.6 Å². The van der Waals surface area contributed by atoms with E-state index < -0.39 is 12.8 Å². The van der Waals surface area contributed by atoms with Crippen molar-refractivity contribution >= 4 is 0 Å². The van der Waals surface area contributed by atoms with Crippen molar-refractivity contribution in [2.24, 2.45) is 11.8 Å². The van der Waals surface area contributed by atoms with Gasteiger partial charge in [-0.25, -0.2) is 0 Å². The van der Waals surface area contributed by atoms with Crippen LogP contribution in [-0.4, -0.2) is 25.4 Å². The Morgan fingerprint density at radius 1 is 1.21 bits per heavy atom. The van der Waals surface area contributed by atoms with Crippen LogP contribution in [0.3, 0.4) is 0 Å². The number of nitrogens with two attached hydrogens (primary N) is 1. The van der Waals surface area contributed by atoms with Gasteiger partial charge in [-0.15, -0.1) is 0 Å². The lowest BCUT2D eigenvalue weighted by Gasteiger charge is -2.22. The lowest BCUT2D eigenvalue weighted by Crippen LogP contribution is -2.37. The maximum atomic E-state index is 11.9. The third-order valence-corrected chi connectivity index (χ3v) is 3.27. The minimum Gasteiger partial charge on any atom is -0.372 e. The molecule has 3 N–H and O–H groups in total. The second-order valence-corrected chi connectivity index (χ2v) is 4.97. The molecule has 0 aromatic rings. The van der Waals surface area contributed by atoms with Crippen LogP contribution >= 0.6 is 0 Å². The quantitative estimate of drug-likeness (QED) is 0.347. The summed E-state index contributed by atoms with van der Waals surface area (Å²) in [6.07, 6.45) is 1.71. The van der Waals surface area contributed by atoms with Crippen LogP contribution in [0.25, 0.3) is 0 Å². The number of hydrogen-bond acceptors (Lipinski definition) is 3. The largest absolute Gasteiger partial charge is 0.411 e. The molecule has 0 aromatic heterocycles. The molecule has 0 aromatic carbocycles. The molecule has 0 fully saturated rings. The summed E-state index contributed by atoms with van der Waals surface area (Å²) in [4.78, 5) is 0. The molecule has 0 saturated carbocycles. The lowest BCUT2D eigenvalue weighted by atomic mass is 9.91. The van der Waals surface area contributed by atoms with Crippen LogP contribution in [0.1, 0.15) is 52.4 Å². The molecule has 0 amide bonds. The Morgan fingerprint density at radius 2 is 1.89 bits per heavy atom. The van der Waals surface area contributed by atoms with Crippen molar-refractivity contribution in [1.82, 2.24) is 5.43 Å². The van der Waals surface area contributed by atoms with Crippen LogP contribution in [0, 0.1) is 5.92 Å². The smallest absolute Gasteiger partial charge is 0.372 e. The maximum Gasteiger partial charge on any atom is 0.411 e. The molecule has 0 rings (SSSR count). The number of unbranched alkanes of at least 4 members (excludes halogenated alkanes) is 1. The van der Waals surface area contributed by atoms with Gasteiger partial charge in [-0.3, -0.25) is 11.3 Å². The van der Waals surface area contributed by atoms with E-state index in [9.17, 15) is 13.2 Å². The summed E-state index contributed by atoms with van der Waals surface area (Å²) in [5.41, 5.74) is 2.68. The summed E-state index contributed by atoms with van der Waals surface area (Å²) < 4.78 is 40.3. The van der Waals surface area contributed by atoms with Crippen LogP contribution in [0.15, 0.2) is 0 Å². The van der Waals surface area contributed by atoms with Gasteiger partial charge < -0.3 is 4.74 Å². The van der Waals surface area contributed by atoms with E-state index >= 15 is 0 Å². The van der Waals surface area contributed by atoms with Crippen LogP contribution in [0.2, 0.25) is 0 Å². The highest BCUT2D eigenvalue weighted by Gasteiger charge is 2.27. The highest BCUT2D eigenvalue weighted by Crippen LogP contribution is 2.20. The third-order valence-electron chi connectivity index (χ3n) is 3.27. The first kappa shape index (κ1) is 18.7. The predicted octanol–water partition coefficient (Wildman–Crippen LogP) is 3.39. The zero-order valence-electron chi connectivity index (χ0n) is 11.9. The minimum absolute atomic E-state index is 0.0232.